The minimum atomic E-state index is 0.122. The molecule has 1 aliphatic rings. The van der Waals surface area contributed by atoms with E-state index >= 15 is 0 Å². The Morgan fingerprint density at radius 2 is 1.81 bits per heavy atom. The standard InChI is InChI=1S/C16H16BrN3O/c1-21-14-8-2-11(3-9-14)15-10-19-16(18)20(15)13-6-4-12(17)5-7-13/h2-9,15H,10H2,1H3,(H2,18,19). The SMILES string of the molecule is COc1ccc(C2CN=C(N)N2c2ccc(Br)cc2)cc1. The molecule has 1 aliphatic heterocycles. The summed E-state index contributed by atoms with van der Waals surface area (Å²) in [6, 6.07) is 16.2. The average molecular weight is 346 g/mol. The molecule has 1 unspecified atom stereocenters. The van der Waals surface area contributed by atoms with Crippen molar-refractivity contribution in [3.05, 3.63) is 58.6 Å². The van der Waals surface area contributed by atoms with Crippen molar-refractivity contribution in [1.82, 2.24) is 0 Å². The van der Waals surface area contributed by atoms with E-state index in [1.807, 2.05) is 36.4 Å². The molecule has 4 nitrogen and oxygen atoms in total. The maximum atomic E-state index is 6.07. The van der Waals surface area contributed by atoms with Crippen molar-refractivity contribution in [2.45, 2.75) is 6.04 Å². The topological polar surface area (TPSA) is 50.9 Å². The van der Waals surface area contributed by atoms with Crippen molar-refractivity contribution in [2.75, 3.05) is 18.6 Å². The summed E-state index contributed by atoms with van der Waals surface area (Å²) >= 11 is 3.45. The fraction of sp³-hybridized carbons (Fsp3) is 0.188. The highest BCUT2D eigenvalue weighted by molar-refractivity contribution is 9.10. The third-order valence-corrected chi connectivity index (χ3v) is 4.12. The molecular weight excluding hydrogens is 330 g/mol. The largest absolute Gasteiger partial charge is 0.497 e. The lowest BCUT2D eigenvalue weighted by Gasteiger charge is -2.26. The molecule has 2 aromatic rings. The molecule has 0 aliphatic carbocycles. The van der Waals surface area contributed by atoms with E-state index in [2.05, 4.69) is 38.0 Å². The molecular formula is C16H16BrN3O. The third kappa shape index (κ3) is 2.74. The van der Waals surface area contributed by atoms with Crippen LogP contribution >= 0.6 is 15.9 Å². The molecule has 0 fully saturated rings. The first-order chi connectivity index (χ1) is 10.2. The highest BCUT2D eigenvalue weighted by Gasteiger charge is 2.28. The second-order valence-electron chi connectivity index (χ2n) is 4.83. The van der Waals surface area contributed by atoms with Gasteiger partial charge in [0.25, 0.3) is 0 Å². The number of guanidine groups is 1. The number of benzene rings is 2. The van der Waals surface area contributed by atoms with Crippen LogP contribution in [0.4, 0.5) is 5.69 Å². The molecule has 1 heterocycles. The molecule has 0 spiro atoms. The Labute approximate surface area is 132 Å². The van der Waals surface area contributed by atoms with Gasteiger partial charge in [0.05, 0.1) is 19.7 Å². The van der Waals surface area contributed by atoms with Gasteiger partial charge in [-0.15, -0.1) is 0 Å². The highest BCUT2D eigenvalue weighted by atomic mass is 79.9. The predicted molar refractivity (Wildman–Crippen MR) is 88.8 cm³/mol. The molecule has 0 aromatic heterocycles. The van der Waals surface area contributed by atoms with E-state index in [4.69, 9.17) is 10.5 Å². The number of ether oxygens (including phenoxy) is 1. The molecule has 5 heteroatoms. The van der Waals surface area contributed by atoms with E-state index < -0.39 is 0 Å². The van der Waals surface area contributed by atoms with E-state index in [0.717, 1.165) is 15.9 Å². The second-order valence-corrected chi connectivity index (χ2v) is 5.75. The van der Waals surface area contributed by atoms with Gasteiger partial charge in [0, 0.05) is 10.2 Å². The lowest BCUT2D eigenvalue weighted by molar-refractivity contribution is 0.414. The monoisotopic (exact) mass is 345 g/mol. The molecule has 2 aromatic carbocycles. The van der Waals surface area contributed by atoms with Gasteiger partial charge in [0.15, 0.2) is 5.96 Å². The molecule has 0 amide bonds. The van der Waals surface area contributed by atoms with Crippen molar-refractivity contribution in [1.29, 1.82) is 0 Å². The van der Waals surface area contributed by atoms with E-state index in [-0.39, 0.29) is 6.04 Å². The van der Waals surface area contributed by atoms with E-state index in [1.165, 1.54) is 5.56 Å². The lowest BCUT2D eigenvalue weighted by Crippen LogP contribution is -2.36. The number of nitrogens with two attached hydrogens (primary N) is 1. The summed E-state index contributed by atoms with van der Waals surface area (Å²) in [5.74, 6) is 1.40. The number of halogens is 1. The number of aliphatic imine (C=N–C) groups is 1. The van der Waals surface area contributed by atoms with Crippen LogP contribution in [0, 0.1) is 0 Å². The van der Waals surface area contributed by atoms with Crippen molar-refractivity contribution >= 4 is 27.6 Å². The first-order valence-electron chi connectivity index (χ1n) is 6.67. The molecule has 1 atom stereocenters. The Hall–Kier alpha value is -2.01. The summed E-state index contributed by atoms with van der Waals surface area (Å²) in [6.07, 6.45) is 0. The zero-order valence-corrected chi connectivity index (χ0v) is 13.2. The minimum Gasteiger partial charge on any atom is -0.497 e. The summed E-state index contributed by atoms with van der Waals surface area (Å²) in [5.41, 5.74) is 8.28. The number of nitrogens with zero attached hydrogens (tertiary/aromatic N) is 2. The summed E-state index contributed by atoms with van der Waals surface area (Å²) in [6.45, 7) is 0.661. The van der Waals surface area contributed by atoms with Crippen LogP contribution in [-0.4, -0.2) is 19.6 Å². The van der Waals surface area contributed by atoms with Gasteiger partial charge in [-0.05, 0) is 42.0 Å². The number of hydrogen-bond acceptors (Lipinski definition) is 4. The van der Waals surface area contributed by atoms with Crippen LogP contribution in [0.15, 0.2) is 58.0 Å². The van der Waals surface area contributed by atoms with Gasteiger partial charge in [-0.2, -0.15) is 0 Å². The van der Waals surface area contributed by atoms with E-state index in [9.17, 15) is 0 Å². The molecule has 0 bridgehead atoms. The van der Waals surface area contributed by atoms with Crippen LogP contribution in [0.25, 0.3) is 0 Å². The molecule has 21 heavy (non-hydrogen) atoms. The summed E-state index contributed by atoms with van der Waals surface area (Å²) in [7, 11) is 1.67. The Kier molecular flexibility index (Phi) is 3.84. The first-order valence-corrected chi connectivity index (χ1v) is 7.47. The highest BCUT2D eigenvalue weighted by Crippen LogP contribution is 2.32. The Balaban J connectivity index is 1.92. The van der Waals surface area contributed by atoms with Crippen molar-refractivity contribution in [3.8, 4) is 5.75 Å². The van der Waals surface area contributed by atoms with Gasteiger partial charge >= 0.3 is 0 Å². The van der Waals surface area contributed by atoms with Gasteiger partial charge in [-0.25, -0.2) is 0 Å². The van der Waals surface area contributed by atoms with Gasteiger partial charge in [-0.3, -0.25) is 4.99 Å². The number of hydrogen-bond donors (Lipinski definition) is 1. The molecule has 2 N–H and O–H groups in total. The fourth-order valence-corrected chi connectivity index (χ4v) is 2.76. The zero-order valence-electron chi connectivity index (χ0n) is 11.7. The van der Waals surface area contributed by atoms with Crippen molar-refractivity contribution in [3.63, 3.8) is 0 Å². The van der Waals surface area contributed by atoms with Gasteiger partial charge in [0.2, 0.25) is 0 Å². The Bertz CT molecular complexity index is 652. The maximum absolute atomic E-state index is 6.07. The summed E-state index contributed by atoms with van der Waals surface area (Å²) in [4.78, 5) is 6.46. The quantitative estimate of drug-likeness (QED) is 0.928. The average Bonchev–Trinajstić information content (AvgIpc) is 2.90. The predicted octanol–water partition coefficient (Wildman–Crippen LogP) is 3.33. The van der Waals surface area contributed by atoms with Gasteiger partial charge < -0.3 is 15.4 Å². The molecule has 0 saturated heterocycles. The van der Waals surface area contributed by atoms with Crippen LogP contribution in [0.3, 0.4) is 0 Å². The van der Waals surface area contributed by atoms with Crippen LogP contribution < -0.4 is 15.4 Å². The van der Waals surface area contributed by atoms with Crippen LogP contribution in [0.1, 0.15) is 11.6 Å². The van der Waals surface area contributed by atoms with Crippen LogP contribution in [0.5, 0.6) is 5.75 Å². The van der Waals surface area contributed by atoms with Crippen molar-refractivity contribution < 1.29 is 4.74 Å². The molecule has 108 valence electrons. The van der Waals surface area contributed by atoms with Gasteiger partial charge in [0.1, 0.15) is 5.75 Å². The Morgan fingerprint density at radius 1 is 1.14 bits per heavy atom. The Morgan fingerprint density at radius 3 is 2.43 bits per heavy atom. The second kappa shape index (κ2) is 5.77. The molecule has 3 rings (SSSR count). The lowest BCUT2D eigenvalue weighted by atomic mass is 10.1. The number of anilines is 1. The number of methoxy groups -OCH3 is 1. The maximum Gasteiger partial charge on any atom is 0.196 e. The first kappa shape index (κ1) is 13.9. The van der Waals surface area contributed by atoms with Gasteiger partial charge in [-0.1, -0.05) is 28.1 Å². The molecule has 0 saturated carbocycles. The van der Waals surface area contributed by atoms with E-state index in [1.54, 1.807) is 7.11 Å². The fourth-order valence-electron chi connectivity index (χ4n) is 2.49. The van der Waals surface area contributed by atoms with E-state index in [0.29, 0.717) is 12.5 Å². The smallest absolute Gasteiger partial charge is 0.196 e. The third-order valence-electron chi connectivity index (χ3n) is 3.59. The minimum absolute atomic E-state index is 0.122. The normalized spacial score (nSPS) is 17.7. The van der Waals surface area contributed by atoms with Crippen LogP contribution in [0.2, 0.25) is 0 Å². The molecule has 0 radical (unpaired) electrons. The number of rotatable bonds is 3. The summed E-state index contributed by atoms with van der Waals surface area (Å²) < 4.78 is 6.25. The van der Waals surface area contributed by atoms with Crippen LogP contribution in [-0.2, 0) is 0 Å². The van der Waals surface area contributed by atoms with Crippen molar-refractivity contribution in [2.24, 2.45) is 10.7 Å². The zero-order chi connectivity index (χ0) is 14.8. The summed E-state index contributed by atoms with van der Waals surface area (Å²) in [5, 5.41) is 0.